The van der Waals surface area contributed by atoms with Gasteiger partial charge in [-0.1, -0.05) is 24.3 Å². The summed E-state index contributed by atoms with van der Waals surface area (Å²) in [6.07, 6.45) is 1.71. The lowest BCUT2D eigenvalue weighted by molar-refractivity contribution is -0.120. The van der Waals surface area contributed by atoms with Crippen LogP contribution in [0.25, 0.3) is 11.0 Å². The van der Waals surface area contributed by atoms with Gasteiger partial charge in [0, 0.05) is 13.1 Å². The summed E-state index contributed by atoms with van der Waals surface area (Å²) in [4.78, 5) is 24.6. The third-order valence-electron chi connectivity index (χ3n) is 5.26. The van der Waals surface area contributed by atoms with Crippen LogP contribution in [0.3, 0.4) is 0 Å². The Morgan fingerprint density at radius 2 is 1.87 bits per heavy atom. The summed E-state index contributed by atoms with van der Waals surface area (Å²) in [6, 6.07) is 15.2. The van der Waals surface area contributed by atoms with E-state index < -0.39 is 0 Å². The Labute approximate surface area is 176 Å². The minimum atomic E-state index is -0.161. The van der Waals surface area contributed by atoms with Crippen LogP contribution in [0.4, 0.5) is 11.5 Å². The number of anilines is 2. The van der Waals surface area contributed by atoms with Gasteiger partial charge < -0.3 is 19.7 Å². The number of fused-ring (bicyclic) bond motifs is 1. The standard InChI is InChI=1S/C23H26N4O3/c1-3-30-23-21(24-17-10-4-5-11-18(17)26-23)27-14-8-9-16(15-27)22(28)25-19-12-6-7-13-20(19)29-2/h4-7,10-13,16H,3,8-9,14-15H2,1-2H3,(H,25,28)/t16-/m0/s1. The molecule has 0 radical (unpaired) electrons. The Morgan fingerprint density at radius 3 is 2.63 bits per heavy atom. The molecular formula is C23H26N4O3. The molecule has 0 saturated carbocycles. The van der Waals surface area contributed by atoms with Gasteiger partial charge in [-0.25, -0.2) is 9.97 Å². The summed E-state index contributed by atoms with van der Waals surface area (Å²) in [5, 5.41) is 3.01. The number of para-hydroxylation sites is 4. The monoisotopic (exact) mass is 406 g/mol. The van der Waals surface area contributed by atoms with Gasteiger partial charge in [0.2, 0.25) is 5.91 Å². The Bertz CT molecular complexity index is 1040. The summed E-state index contributed by atoms with van der Waals surface area (Å²) < 4.78 is 11.1. The number of methoxy groups -OCH3 is 1. The molecule has 2 heterocycles. The number of amides is 1. The Hall–Kier alpha value is -3.35. The number of hydrogen-bond donors (Lipinski definition) is 1. The van der Waals surface area contributed by atoms with Gasteiger partial charge in [-0.2, -0.15) is 0 Å². The lowest BCUT2D eigenvalue weighted by atomic mass is 9.97. The molecule has 1 saturated heterocycles. The van der Waals surface area contributed by atoms with E-state index in [0.29, 0.717) is 36.3 Å². The van der Waals surface area contributed by atoms with Gasteiger partial charge in [0.15, 0.2) is 5.82 Å². The van der Waals surface area contributed by atoms with Crippen molar-refractivity contribution in [3.63, 3.8) is 0 Å². The number of rotatable bonds is 6. The number of benzene rings is 2. The van der Waals surface area contributed by atoms with Crippen LogP contribution in [0.1, 0.15) is 19.8 Å². The van der Waals surface area contributed by atoms with Crippen LogP contribution in [0.15, 0.2) is 48.5 Å². The average Bonchev–Trinajstić information content (AvgIpc) is 2.79. The van der Waals surface area contributed by atoms with Crippen molar-refractivity contribution in [3.8, 4) is 11.6 Å². The van der Waals surface area contributed by atoms with Crippen LogP contribution in [0.5, 0.6) is 11.6 Å². The van der Waals surface area contributed by atoms with Crippen LogP contribution < -0.4 is 19.7 Å². The smallest absolute Gasteiger partial charge is 0.258 e. The molecule has 7 heteroatoms. The zero-order valence-corrected chi connectivity index (χ0v) is 17.3. The van der Waals surface area contributed by atoms with Crippen molar-refractivity contribution in [2.45, 2.75) is 19.8 Å². The first-order valence-electron chi connectivity index (χ1n) is 10.3. The molecule has 1 N–H and O–H groups in total. The fourth-order valence-corrected chi connectivity index (χ4v) is 3.78. The van der Waals surface area contributed by atoms with Crippen molar-refractivity contribution >= 4 is 28.4 Å². The number of hydrogen-bond acceptors (Lipinski definition) is 6. The Morgan fingerprint density at radius 1 is 1.13 bits per heavy atom. The molecule has 1 fully saturated rings. The average molecular weight is 406 g/mol. The first kappa shape index (κ1) is 19.9. The predicted molar refractivity (Wildman–Crippen MR) is 117 cm³/mol. The zero-order valence-electron chi connectivity index (χ0n) is 17.3. The summed E-state index contributed by atoms with van der Waals surface area (Å²) in [6.45, 7) is 3.81. The molecule has 30 heavy (non-hydrogen) atoms. The molecular weight excluding hydrogens is 380 g/mol. The van der Waals surface area contributed by atoms with Gasteiger partial charge in [0.1, 0.15) is 5.75 Å². The number of aromatic nitrogens is 2. The fourth-order valence-electron chi connectivity index (χ4n) is 3.78. The Balaban J connectivity index is 1.56. The lowest BCUT2D eigenvalue weighted by Gasteiger charge is -2.33. The zero-order chi connectivity index (χ0) is 20.9. The Kier molecular flexibility index (Phi) is 5.97. The second-order valence-electron chi connectivity index (χ2n) is 7.25. The third kappa shape index (κ3) is 4.15. The highest BCUT2D eigenvalue weighted by Gasteiger charge is 2.29. The molecule has 0 aliphatic carbocycles. The highest BCUT2D eigenvalue weighted by atomic mass is 16.5. The van der Waals surface area contributed by atoms with Crippen molar-refractivity contribution < 1.29 is 14.3 Å². The molecule has 0 spiro atoms. The van der Waals surface area contributed by atoms with E-state index in [2.05, 4.69) is 15.2 Å². The van der Waals surface area contributed by atoms with E-state index in [9.17, 15) is 4.79 Å². The summed E-state index contributed by atoms with van der Waals surface area (Å²) in [5.74, 6) is 1.69. The van der Waals surface area contributed by atoms with E-state index >= 15 is 0 Å². The van der Waals surface area contributed by atoms with Crippen LogP contribution >= 0.6 is 0 Å². The second-order valence-corrected chi connectivity index (χ2v) is 7.25. The van der Waals surface area contributed by atoms with Crippen LogP contribution in [0, 0.1) is 5.92 Å². The number of carbonyl (C=O) groups excluding carboxylic acids is 1. The SMILES string of the molecule is CCOc1nc2ccccc2nc1N1CCC[C@H](C(=O)Nc2ccccc2OC)C1. The largest absolute Gasteiger partial charge is 0.495 e. The van der Waals surface area contributed by atoms with Crippen LogP contribution in [-0.4, -0.2) is 42.7 Å². The van der Waals surface area contributed by atoms with Gasteiger partial charge in [-0.05, 0) is 44.0 Å². The van der Waals surface area contributed by atoms with E-state index in [-0.39, 0.29) is 11.8 Å². The van der Waals surface area contributed by atoms with Crippen LogP contribution in [-0.2, 0) is 4.79 Å². The highest BCUT2D eigenvalue weighted by Crippen LogP contribution is 2.31. The van der Waals surface area contributed by atoms with E-state index in [1.807, 2.05) is 55.5 Å². The molecule has 7 nitrogen and oxygen atoms in total. The first-order chi connectivity index (χ1) is 14.7. The van der Waals surface area contributed by atoms with Crippen molar-refractivity contribution in [3.05, 3.63) is 48.5 Å². The minimum absolute atomic E-state index is 0.0177. The fraction of sp³-hybridized carbons (Fsp3) is 0.348. The number of ether oxygens (including phenoxy) is 2. The van der Waals surface area contributed by atoms with Crippen molar-refractivity contribution in [2.24, 2.45) is 5.92 Å². The molecule has 1 amide bonds. The van der Waals surface area contributed by atoms with Crippen molar-refractivity contribution in [2.75, 3.05) is 37.0 Å². The van der Waals surface area contributed by atoms with E-state index in [0.717, 1.165) is 30.4 Å². The van der Waals surface area contributed by atoms with Gasteiger partial charge in [-0.3, -0.25) is 4.79 Å². The summed E-state index contributed by atoms with van der Waals surface area (Å²) >= 11 is 0. The quantitative estimate of drug-likeness (QED) is 0.669. The van der Waals surface area contributed by atoms with Gasteiger partial charge in [-0.15, -0.1) is 0 Å². The van der Waals surface area contributed by atoms with Crippen LogP contribution in [0.2, 0.25) is 0 Å². The van der Waals surface area contributed by atoms with E-state index in [4.69, 9.17) is 14.5 Å². The number of nitrogens with zero attached hydrogens (tertiary/aromatic N) is 3. The maximum Gasteiger partial charge on any atom is 0.258 e. The van der Waals surface area contributed by atoms with Gasteiger partial charge in [0.25, 0.3) is 5.88 Å². The van der Waals surface area contributed by atoms with Gasteiger partial charge in [0.05, 0.1) is 36.4 Å². The molecule has 0 unspecified atom stereocenters. The van der Waals surface area contributed by atoms with Gasteiger partial charge >= 0.3 is 0 Å². The number of carbonyl (C=O) groups is 1. The highest BCUT2D eigenvalue weighted by molar-refractivity contribution is 5.94. The second kappa shape index (κ2) is 8.98. The summed E-state index contributed by atoms with van der Waals surface area (Å²) in [5.41, 5.74) is 2.30. The molecule has 3 aromatic rings. The molecule has 1 atom stereocenters. The first-order valence-corrected chi connectivity index (χ1v) is 10.3. The molecule has 2 aromatic carbocycles. The molecule has 1 aliphatic rings. The van der Waals surface area contributed by atoms with Crippen molar-refractivity contribution in [1.29, 1.82) is 0 Å². The lowest BCUT2D eigenvalue weighted by Crippen LogP contribution is -2.41. The molecule has 4 rings (SSSR count). The maximum absolute atomic E-state index is 13.0. The molecule has 1 aliphatic heterocycles. The normalized spacial score (nSPS) is 16.3. The minimum Gasteiger partial charge on any atom is -0.495 e. The maximum atomic E-state index is 13.0. The third-order valence-corrected chi connectivity index (χ3v) is 5.26. The van der Waals surface area contributed by atoms with Crippen molar-refractivity contribution in [1.82, 2.24) is 9.97 Å². The summed E-state index contributed by atoms with van der Waals surface area (Å²) in [7, 11) is 1.60. The predicted octanol–water partition coefficient (Wildman–Crippen LogP) is 3.89. The van der Waals surface area contributed by atoms with E-state index in [1.54, 1.807) is 7.11 Å². The molecule has 0 bridgehead atoms. The van der Waals surface area contributed by atoms with E-state index in [1.165, 1.54) is 0 Å². The number of nitrogens with one attached hydrogen (secondary N) is 1. The topological polar surface area (TPSA) is 76.6 Å². The number of piperidine rings is 1. The molecule has 156 valence electrons. The molecule has 1 aromatic heterocycles.